The summed E-state index contributed by atoms with van der Waals surface area (Å²) in [7, 11) is -2.48. The summed E-state index contributed by atoms with van der Waals surface area (Å²) in [6.07, 6.45) is -2.66. The van der Waals surface area contributed by atoms with Crippen molar-refractivity contribution >= 4 is 21.7 Å². The van der Waals surface area contributed by atoms with Crippen molar-refractivity contribution in [3.05, 3.63) is 58.7 Å². The third kappa shape index (κ3) is 4.03. The highest BCUT2D eigenvalue weighted by molar-refractivity contribution is 7.89. The predicted molar refractivity (Wildman–Crippen MR) is 106 cm³/mol. The van der Waals surface area contributed by atoms with Gasteiger partial charge in [-0.25, -0.2) is 22.1 Å². The number of nitrogens with one attached hydrogen (secondary N) is 1. The quantitative estimate of drug-likeness (QED) is 0.691. The summed E-state index contributed by atoms with van der Waals surface area (Å²) in [5.41, 5.74) is 6.30. The van der Waals surface area contributed by atoms with E-state index in [9.17, 15) is 26.0 Å². The minimum atomic E-state index is -4.50. The normalized spacial score (nSPS) is 22.7. The predicted octanol–water partition coefficient (Wildman–Crippen LogP) is 2.97. The van der Waals surface area contributed by atoms with E-state index in [0.29, 0.717) is 29.8 Å². The van der Waals surface area contributed by atoms with E-state index in [1.54, 1.807) is 0 Å². The molecule has 1 aromatic heterocycles. The van der Waals surface area contributed by atoms with Crippen LogP contribution in [0.2, 0.25) is 0 Å². The molecule has 3 N–H and O–H groups in total. The van der Waals surface area contributed by atoms with Gasteiger partial charge in [0.2, 0.25) is 16.0 Å². The second-order valence-corrected chi connectivity index (χ2v) is 9.52. The highest BCUT2D eigenvalue weighted by Gasteiger charge is 2.35. The Labute approximate surface area is 176 Å². The summed E-state index contributed by atoms with van der Waals surface area (Å²) in [4.78, 5) is 8.01. The number of guanidine groups is 1. The summed E-state index contributed by atoms with van der Waals surface area (Å²) < 4.78 is 79.0. The number of halogens is 4. The van der Waals surface area contributed by atoms with Crippen molar-refractivity contribution in [2.24, 2.45) is 10.7 Å². The number of anilines is 1. The van der Waals surface area contributed by atoms with E-state index in [4.69, 9.17) is 5.73 Å². The Morgan fingerprint density at radius 3 is 2.65 bits per heavy atom. The maximum absolute atomic E-state index is 14.5. The number of aliphatic imine (C=N–C) groups is 1. The van der Waals surface area contributed by atoms with E-state index >= 15 is 0 Å². The van der Waals surface area contributed by atoms with Crippen molar-refractivity contribution < 1.29 is 26.0 Å². The van der Waals surface area contributed by atoms with Crippen molar-refractivity contribution in [2.45, 2.75) is 31.1 Å². The number of aromatic nitrogens is 1. The molecular weight excluding hydrogens is 438 g/mol. The fourth-order valence-corrected chi connectivity index (χ4v) is 4.95. The summed E-state index contributed by atoms with van der Waals surface area (Å²) >= 11 is 0. The van der Waals surface area contributed by atoms with Gasteiger partial charge >= 0.3 is 6.18 Å². The van der Waals surface area contributed by atoms with Gasteiger partial charge < -0.3 is 11.1 Å². The van der Waals surface area contributed by atoms with Crippen LogP contribution in [0.15, 0.2) is 35.5 Å². The van der Waals surface area contributed by atoms with Crippen LogP contribution in [0.3, 0.4) is 0 Å². The molecule has 2 atom stereocenters. The van der Waals surface area contributed by atoms with E-state index in [-0.39, 0.29) is 11.5 Å². The largest absolute Gasteiger partial charge is 0.417 e. The van der Waals surface area contributed by atoms with Crippen LogP contribution in [0, 0.1) is 5.82 Å². The number of rotatable bonds is 3. The summed E-state index contributed by atoms with van der Waals surface area (Å²) in [6.45, 7) is 0. The molecule has 0 saturated heterocycles. The van der Waals surface area contributed by atoms with Crippen LogP contribution < -0.4 is 11.1 Å². The summed E-state index contributed by atoms with van der Waals surface area (Å²) in [6, 6.07) is 3.61. The monoisotopic (exact) mass is 457 g/mol. The van der Waals surface area contributed by atoms with Crippen molar-refractivity contribution in [1.29, 1.82) is 0 Å². The van der Waals surface area contributed by atoms with Gasteiger partial charge in [0, 0.05) is 30.2 Å². The van der Waals surface area contributed by atoms with Crippen LogP contribution in [0.25, 0.3) is 0 Å². The van der Waals surface area contributed by atoms with Crippen LogP contribution in [-0.4, -0.2) is 36.5 Å². The third-order valence-electron chi connectivity index (χ3n) is 5.47. The molecule has 2 aliphatic rings. The lowest BCUT2D eigenvalue weighted by atomic mass is 10.1. The fraction of sp³-hybridized carbons (Fsp3) is 0.368. The number of hydrogen-bond donors (Lipinski definition) is 2. The second-order valence-electron chi connectivity index (χ2n) is 7.48. The van der Waals surface area contributed by atoms with E-state index < -0.39 is 45.4 Å². The van der Waals surface area contributed by atoms with Gasteiger partial charge in [0.15, 0.2) is 0 Å². The number of sulfonamides is 1. The van der Waals surface area contributed by atoms with Gasteiger partial charge in [0.25, 0.3) is 0 Å². The van der Waals surface area contributed by atoms with Crippen LogP contribution in [-0.2, 0) is 22.6 Å². The van der Waals surface area contributed by atoms with E-state index in [1.165, 1.54) is 19.2 Å². The minimum Gasteiger partial charge on any atom is -0.378 e. The molecule has 1 aliphatic carbocycles. The van der Waals surface area contributed by atoms with Gasteiger partial charge in [0.05, 0.1) is 23.4 Å². The Morgan fingerprint density at radius 1 is 1.23 bits per heavy atom. The molecular formula is C19H19F4N5O2S. The molecule has 12 heteroatoms. The molecule has 0 amide bonds. The first kappa shape index (κ1) is 21.3. The highest BCUT2D eigenvalue weighted by Crippen LogP contribution is 2.38. The molecule has 4 rings (SSSR count). The molecule has 0 fully saturated rings. The van der Waals surface area contributed by atoms with E-state index in [1.807, 2.05) is 0 Å². The maximum Gasteiger partial charge on any atom is 0.417 e. The number of fused-ring (bicyclic) bond motifs is 1. The molecule has 2 aromatic rings. The van der Waals surface area contributed by atoms with Gasteiger partial charge in [-0.2, -0.15) is 13.2 Å². The Balaban J connectivity index is 1.63. The Morgan fingerprint density at radius 2 is 1.97 bits per heavy atom. The first-order chi connectivity index (χ1) is 14.5. The third-order valence-corrected chi connectivity index (χ3v) is 7.23. The molecule has 2 heterocycles. The molecule has 0 radical (unpaired) electrons. The minimum absolute atomic E-state index is 0.0324. The average molecular weight is 457 g/mol. The Bertz CT molecular complexity index is 1170. The lowest BCUT2D eigenvalue weighted by Crippen LogP contribution is -2.45. The zero-order valence-electron chi connectivity index (χ0n) is 16.3. The van der Waals surface area contributed by atoms with Crippen LogP contribution in [0.4, 0.5) is 23.2 Å². The molecule has 0 spiro atoms. The first-order valence-electron chi connectivity index (χ1n) is 9.37. The zero-order valence-corrected chi connectivity index (χ0v) is 17.1. The van der Waals surface area contributed by atoms with Crippen molar-refractivity contribution in [3.63, 3.8) is 0 Å². The number of hydrogen-bond acceptors (Lipinski definition) is 6. The molecule has 0 bridgehead atoms. The smallest absolute Gasteiger partial charge is 0.378 e. The number of nitrogens with zero attached hydrogens (tertiary/aromatic N) is 3. The van der Waals surface area contributed by atoms with Crippen LogP contribution in [0.1, 0.15) is 40.9 Å². The number of nitrogens with two attached hydrogens (primary N) is 1. The lowest BCUT2D eigenvalue weighted by Gasteiger charge is -2.27. The zero-order chi connectivity index (χ0) is 22.6. The number of pyridine rings is 1. The van der Waals surface area contributed by atoms with E-state index in [0.717, 1.165) is 22.6 Å². The molecule has 2 unspecified atom stereocenters. The number of aryl methyl sites for hydroxylation is 1. The Kier molecular flexibility index (Phi) is 5.07. The number of benzene rings is 1. The molecule has 7 nitrogen and oxygen atoms in total. The summed E-state index contributed by atoms with van der Waals surface area (Å²) in [5, 5.41) is 3.11. The molecule has 1 aliphatic heterocycles. The van der Waals surface area contributed by atoms with Crippen LogP contribution >= 0.6 is 0 Å². The maximum atomic E-state index is 14.5. The average Bonchev–Trinajstić information content (AvgIpc) is 3.08. The molecule has 1 aromatic carbocycles. The topological polar surface area (TPSA) is 101 Å². The Hall–Kier alpha value is -2.89. The van der Waals surface area contributed by atoms with Crippen molar-refractivity contribution in [1.82, 2.24) is 9.29 Å². The van der Waals surface area contributed by atoms with Gasteiger partial charge in [-0.15, -0.1) is 0 Å². The second kappa shape index (κ2) is 7.36. The SMILES string of the molecule is CN1C(N)=NC(c2cc(NC3CCc4ncc(C(F)(F)F)cc43)ccc2F)CS1(=O)=O. The first-order valence-corrected chi connectivity index (χ1v) is 11.0. The molecule has 31 heavy (non-hydrogen) atoms. The fourth-order valence-electron chi connectivity index (χ4n) is 3.74. The van der Waals surface area contributed by atoms with Gasteiger partial charge in [0.1, 0.15) is 5.82 Å². The molecule has 166 valence electrons. The van der Waals surface area contributed by atoms with Crippen molar-refractivity contribution in [3.8, 4) is 0 Å². The molecule has 0 saturated carbocycles. The van der Waals surface area contributed by atoms with E-state index in [2.05, 4.69) is 15.3 Å². The van der Waals surface area contributed by atoms with Gasteiger partial charge in [-0.3, -0.25) is 4.98 Å². The van der Waals surface area contributed by atoms with Gasteiger partial charge in [-0.05, 0) is 42.7 Å². The lowest BCUT2D eigenvalue weighted by molar-refractivity contribution is -0.137. The van der Waals surface area contributed by atoms with Crippen LogP contribution in [0.5, 0.6) is 0 Å². The summed E-state index contributed by atoms with van der Waals surface area (Å²) in [5.74, 6) is -1.35. The van der Waals surface area contributed by atoms with Crippen molar-refractivity contribution in [2.75, 3.05) is 18.1 Å². The number of alkyl halides is 3. The van der Waals surface area contributed by atoms with Gasteiger partial charge in [-0.1, -0.05) is 0 Å². The highest BCUT2D eigenvalue weighted by atomic mass is 32.2. The standard InChI is InChI=1S/C19H19F4N5O2S/c1-28-18(24)27-17(9-31(28,29)30)12-7-11(2-3-14(12)20)26-16-5-4-15-13(16)6-10(8-25-15)19(21,22)23/h2-3,6-8,16-17,26H,4-5,9H2,1H3,(H2,24,27).